The van der Waals surface area contributed by atoms with E-state index in [-0.39, 0.29) is 11.8 Å². The molecule has 0 aliphatic heterocycles. The molecule has 1 aromatic heterocycles. The molecule has 4 rings (SSSR count). The van der Waals surface area contributed by atoms with Gasteiger partial charge in [0.25, 0.3) is 0 Å². The van der Waals surface area contributed by atoms with E-state index in [0.717, 1.165) is 26.5 Å². The fourth-order valence-corrected chi connectivity index (χ4v) is 4.12. The second-order valence-electron chi connectivity index (χ2n) is 6.59. The Labute approximate surface area is 162 Å². The molecule has 0 aliphatic rings. The summed E-state index contributed by atoms with van der Waals surface area (Å²) in [5.74, 6) is 0.119. The average Bonchev–Trinajstić information content (AvgIpc) is 3.10. The molecule has 4 heteroatoms. The van der Waals surface area contributed by atoms with Crippen LogP contribution in [0.2, 0.25) is 0 Å². The minimum Gasteiger partial charge on any atom is -0.354 e. The van der Waals surface area contributed by atoms with Crippen LogP contribution in [0.5, 0.6) is 0 Å². The molecule has 0 saturated heterocycles. The molecule has 1 heterocycles. The van der Waals surface area contributed by atoms with Crippen LogP contribution in [0.15, 0.2) is 78.9 Å². The first kappa shape index (κ1) is 17.4. The molecule has 27 heavy (non-hydrogen) atoms. The molecule has 1 unspecified atom stereocenters. The second-order valence-corrected chi connectivity index (χ2v) is 7.62. The molecule has 1 N–H and O–H groups in total. The van der Waals surface area contributed by atoms with Crippen molar-refractivity contribution in [1.29, 1.82) is 0 Å². The standard InChI is InChI=1S/C23H20N2OS/c1-16-12-13-19-22(14-16)27-23(24-19)25-20(17-8-4-2-5-9-17)15-21(26)18-10-6-3-7-11-18/h2-14,20H,15H2,1H3,(H,24,25). The molecule has 0 fully saturated rings. The van der Waals surface area contributed by atoms with Gasteiger partial charge >= 0.3 is 0 Å². The van der Waals surface area contributed by atoms with Crippen LogP contribution in [-0.2, 0) is 0 Å². The van der Waals surface area contributed by atoms with Crippen molar-refractivity contribution in [3.8, 4) is 0 Å². The van der Waals surface area contributed by atoms with E-state index in [4.69, 9.17) is 4.98 Å². The Bertz CT molecular complexity index is 1060. The van der Waals surface area contributed by atoms with Gasteiger partial charge < -0.3 is 5.32 Å². The SMILES string of the molecule is Cc1ccc2nc(NC(CC(=O)c3ccccc3)c3ccccc3)sc2c1. The fraction of sp³-hybridized carbons (Fsp3) is 0.130. The van der Waals surface area contributed by atoms with Gasteiger partial charge in [-0.25, -0.2) is 4.98 Å². The zero-order chi connectivity index (χ0) is 18.6. The topological polar surface area (TPSA) is 42.0 Å². The zero-order valence-corrected chi connectivity index (χ0v) is 15.9. The van der Waals surface area contributed by atoms with Crippen molar-refractivity contribution in [1.82, 2.24) is 4.98 Å². The van der Waals surface area contributed by atoms with Crippen molar-refractivity contribution in [2.75, 3.05) is 5.32 Å². The lowest BCUT2D eigenvalue weighted by molar-refractivity contribution is 0.0976. The van der Waals surface area contributed by atoms with Gasteiger partial charge in [0.2, 0.25) is 0 Å². The Morgan fingerprint density at radius 1 is 1.00 bits per heavy atom. The quantitative estimate of drug-likeness (QED) is 0.420. The molecule has 1 atom stereocenters. The summed E-state index contributed by atoms with van der Waals surface area (Å²) in [6.45, 7) is 2.08. The predicted molar refractivity (Wildman–Crippen MR) is 113 cm³/mol. The first-order valence-electron chi connectivity index (χ1n) is 8.96. The van der Waals surface area contributed by atoms with Gasteiger partial charge in [0, 0.05) is 12.0 Å². The molecule has 0 spiro atoms. The largest absolute Gasteiger partial charge is 0.354 e. The van der Waals surface area contributed by atoms with Crippen molar-refractivity contribution >= 4 is 32.5 Å². The first-order valence-corrected chi connectivity index (χ1v) is 9.77. The number of aryl methyl sites for hydroxylation is 1. The number of carbonyl (C=O) groups excluding carboxylic acids is 1. The van der Waals surface area contributed by atoms with E-state index in [1.54, 1.807) is 11.3 Å². The summed E-state index contributed by atoms with van der Waals surface area (Å²) in [5, 5.41) is 4.33. The van der Waals surface area contributed by atoms with Gasteiger partial charge in [-0.05, 0) is 30.2 Å². The minimum atomic E-state index is -0.124. The van der Waals surface area contributed by atoms with E-state index >= 15 is 0 Å². The van der Waals surface area contributed by atoms with Gasteiger partial charge in [-0.1, -0.05) is 78.1 Å². The number of hydrogen-bond donors (Lipinski definition) is 1. The van der Waals surface area contributed by atoms with E-state index in [1.165, 1.54) is 5.56 Å². The number of Topliss-reactive ketones (excluding diaryl/α,β-unsaturated/α-hetero) is 1. The third-order valence-corrected chi connectivity index (χ3v) is 5.48. The lowest BCUT2D eigenvalue weighted by Crippen LogP contribution is -2.15. The van der Waals surface area contributed by atoms with E-state index in [9.17, 15) is 4.79 Å². The van der Waals surface area contributed by atoms with E-state index in [2.05, 4.69) is 24.4 Å². The van der Waals surface area contributed by atoms with E-state index in [1.807, 2.05) is 66.7 Å². The van der Waals surface area contributed by atoms with Crippen LogP contribution in [0.3, 0.4) is 0 Å². The molecule has 0 amide bonds. The maximum absolute atomic E-state index is 12.8. The number of hydrogen-bond acceptors (Lipinski definition) is 4. The van der Waals surface area contributed by atoms with E-state index in [0.29, 0.717) is 6.42 Å². The Morgan fingerprint density at radius 2 is 1.70 bits per heavy atom. The molecule has 4 aromatic rings. The van der Waals surface area contributed by atoms with Gasteiger partial charge in [0.1, 0.15) is 0 Å². The summed E-state index contributed by atoms with van der Waals surface area (Å²) >= 11 is 1.62. The lowest BCUT2D eigenvalue weighted by atomic mass is 9.98. The highest BCUT2D eigenvalue weighted by atomic mass is 32.1. The Morgan fingerprint density at radius 3 is 2.44 bits per heavy atom. The summed E-state index contributed by atoms with van der Waals surface area (Å²) in [6, 6.07) is 25.7. The Kier molecular flexibility index (Phi) is 4.99. The molecule has 3 nitrogen and oxygen atoms in total. The molecule has 0 aliphatic carbocycles. The number of aromatic nitrogens is 1. The van der Waals surface area contributed by atoms with Gasteiger partial charge in [-0.15, -0.1) is 0 Å². The molecular weight excluding hydrogens is 352 g/mol. The number of nitrogens with zero attached hydrogens (tertiary/aromatic N) is 1. The smallest absolute Gasteiger partial charge is 0.184 e. The maximum atomic E-state index is 12.8. The maximum Gasteiger partial charge on any atom is 0.184 e. The molecule has 3 aromatic carbocycles. The third-order valence-electron chi connectivity index (χ3n) is 4.53. The van der Waals surface area contributed by atoms with Crippen LogP contribution in [0, 0.1) is 6.92 Å². The summed E-state index contributed by atoms with van der Waals surface area (Å²) in [6.07, 6.45) is 0.378. The van der Waals surface area contributed by atoms with Crippen LogP contribution >= 0.6 is 11.3 Å². The molecular formula is C23H20N2OS. The number of nitrogens with one attached hydrogen (secondary N) is 1. The Hall–Kier alpha value is -2.98. The summed E-state index contributed by atoms with van der Waals surface area (Å²) in [7, 11) is 0. The highest BCUT2D eigenvalue weighted by Crippen LogP contribution is 2.31. The summed E-state index contributed by atoms with van der Waals surface area (Å²) in [5.41, 5.74) is 4.02. The van der Waals surface area contributed by atoms with Gasteiger partial charge in [-0.3, -0.25) is 4.79 Å². The molecule has 134 valence electrons. The van der Waals surface area contributed by atoms with Crippen molar-refractivity contribution in [2.24, 2.45) is 0 Å². The highest BCUT2D eigenvalue weighted by molar-refractivity contribution is 7.22. The second kappa shape index (κ2) is 7.72. The number of rotatable bonds is 6. The Balaban J connectivity index is 1.62. The number of anilines is 1. The summed E-state index contributed by atoms with van der Waals surface area (Å²) in [4.78, 5) is 17.5. The monoisotopic (exact) mass is 372 g/mol. The molecule has 0 radical (unpaired) electrons. The number of carbonyl (C=O) groups is 1. The number of ketones is 1. The van der Waals surface area contributed by atoms with Crippen LogP contribution in [0.25, 0.3) is 10.2 Å². The fourth-order valence-electron chi connectivity index (χ4n) is 3.11. The first-order chi connectivity index (χ1) is 13.2. The normalized spacial score (nSPS) is 12.0. The zero-order valence-electron chi connectivity index (χ0n) is 15.1. The molecule has 0 saturated carbocycles. The van der Waals surface area contributed by atoms with Gasteiger partial charge in [-0.2, -0.15) is 0 Å². The number of benzene rings is 3. The van der Waals surface area contributed by atoms with Gasteiger partial charge in [0.05, 0.1) is 16.3 Å². The van der Waals surface area contributed by atoms with Crippen LogP contribution in [-0.4, -0.2) is 10.8 Å². The highest BCUT2D eigenvalue weighted by Gasteiger charge is 2.18. The van der Waals surface area contributed by atoms with E-state index < -0.39 is 0 Å². The lowest BCUT2D eigenvalue weighted by Gasteiger charge is -2.18. The predicted octanol–water partition coefficient (Wildman–Crippen LogP) is 6.03. The van der Waals surface area contributed by atoms with Crippen LogP contribution in [0.4, 0.5) is 5.13 Å². The van der Waals surface area contributed by atoms with Crippen molar-refractivity contribution in [3.05, 3.63) is 95.6 Å². The van der Waals surface area contributed by atoms with Gasteiger partial charge in [0.15, 0.2) is 10.9 Å². The van der Waals surface area contributed by atoms with Crippen molar-refractivity contribution in [2.45, 2.75) is 19.4 Å². The van der Waals surface area contributed by atoms with Crippen molar-refractivity contribution in [3.63, 3.8) is 0 Å². The van der Waals surface area contributed by atoms with Crippen LogP contribution in [0.1, 0.15) is 33.9 Å². The minimum absolute atomic E-state index is 0.119. The third kappa shape index (κ3) is 4.07. The molecule has 0 bridgehead atoms. The summed E-state index contributed by atoms with van der Waals surface area (Å²) < 4.78 is 1.15. The average molecular weight is 372 g/mol. The van der Waals surface area contributed by atoms with Crippen molar-refractivity contribution < 1.29 is 4.79 Å². The number of thiazole rings is 1. The number of fused-ring (bicyclic) bond motifs is 1. The van der Waals surface area contributed by atoms with Crippen LogP contribution < -0.4 is 5.32 Å².